The van der Waals surface area contributed by atoms with E-state index in [-0.39, 0.29) is 25.0 Å². The summed E-state index contributed by atoms with van der Waals surface area (Å²) in [6.07, 6.45) is -0.489. The second-order valence-electron chi connectivity index (χ2n) is 12.5. The van der Waals surface area contributed by atoms with Gasteiger partial charge in [-0.3, -0.25) is 0 Å². The van der Waals surface area contributed by atoms with Crippen LogP contribution in [0.5, 0.6) is 17.4 Å². The molecule has 11 nitrogen and oxygen atoms in total. The van der Waals surface area contributed by atoms with E-state index >= 15 is 0 Å². The van der Waals surface area contributed by atoms with Crippen molar-refractivity contribution in [1.29, 1.82) is 0 Å². The molecule has 47 heavy (non-hydrogen) atoms. The number of aromatic amines is 1. The van der Waals surface area contributed by atoms with Gasteiger partial charge >= 0.3 is 12.2 Å². The Bertz CT molecular complexity index is 1800. The van der Waals surface area contributed by atoms with Gasteiger partial charge in [-0.15, -0.1) is 0 Å². The highest BCUT2D eigenvalue weighted by molar-refractivity contribution is 5.90. The van der Waals surface area contributed by atoms with E-state index in [1.165, 1.54) is 6.20 Å². The molecule has 0 unspecified atom stereocenters. The van der Waals surface area contributed by atoms with Crippen LogP contribution in [0.25, 0.3) is 11.0 Å². The first kappa shape index (κ1) is 31.2. The van der Waals surface area contributed by atoms with Crippen LogP contribution in [0.2, 0.25) is 0 Å². The molecule has 0 aliphatic carbocycles. The van der Waals surface area contributed by atoms with Crippen LogP contribution in [0.15, 0.2) is 48.8 Å². The maximum atomic E-state index is 14.0. The summed E-state index contributed by atoms with van der Waals surface area (Å²) in [6, 6.07) is 9.16. The van der Waals surface area contributed by atoms with E-state index in [1.807, 2.05) is 32.2 Å². The normalized spacial score (nSPS) is 20.0. The minimum atomic E-state index is -4.71. The third-order valence-electron chi connectivity index (χ3n) is 9.17. The van der Waals surface area contributed by atoms with Gasteiger partial charge in [0.2, 0.25) is 5.88 Å². The molecule has 1 atom stereocenters. The number of anilines is 1. The number of fused-ring (bicyclic) bond motifs is 2. The van der Waals surface area contributed by atoms with Crippen molar-refractivity contribution >= 4 is 22.8 Å². The number of hydrogen-bond donors (Lipinski definition) is 3. The predicted molar refractivity (Wildman–Crippen MR) is 166 cm³/mol. The molecule has 6 heterocycles. The van der Waals surface area contributed by atoms with Crippen LogP contribution < -0.4 is 14.8 Å². The van der Waals surface area contributed by atoms with E-state index in [0.29, 0.717) is 54.0 Å². The molecule has 2 amide bonds. The average molecular weight is 653 g/mol. The average Bonchev–Trinajstić information content (AvgIpc) is 3.47. The van der Waals surface area contributed by atoms with E-state index in [2.05, 4.69) is 25.2 Å². The summed E-state index contributed by atoms with van der Waals surface area (Å²) in [7, 11) is 1.96. The van der Waals surface area contributed by atoms with Crippen molar-refractivity contribution in [2.75, 3.05) is 45.2 Å². The topological polar surface area (TPSA) is 125 Å². The summed E-state index contributed by atoms with van der Waals surface area (Å²) in [4.78, 5) is 28.6. The van der Waals surface area contributed by atoms with Gasteiger partial charge in [0, 0.05) is 25.8 Å². The van der Waals surface area contributed by atoms with Crippen molar-refractivity contribution in [3.05, 3.63) is 71.2 Å². The Labute approximate surface area is 268 Å². The predicted octanol–water partition coefficient (Wildman–Crippen LogP) is 5.61. The first-order chi connectivity index (χ1) is 22.5. The number of carbonyl (C=O) groups excluding carboxylic acids is 1. The third-order valence-corrected chi connectivity index (χ3v) is 9.17. The molecule has 1 aromatic carbocycles. The zero-order chi connectivity index (χ0) is 32.9. The lowest BCUT2D eigenvalue weighted by Crippen LogP contribution is -2.46. The van der Waals surface area contributed by atoms with Crippen LogP contribution in [0, 0.1) is 0 Å². The van der Waals surface area contributed by atoms with Crippen molar-refractivity contribution in [1.82, 2.24) is 24.8 Å². The highest BCUT2D eigenvalue weighted by Crippen LogP contribution is 2.39. The molecule has 3 aliphatic rings. The van der Waals surface area contributed by atoms with Gasteiger partial charge < -0.3 is 39.4 Å². The van der Waals surface area contributed by atoms with Crippen molar-refractivity contribution in [2.24, 2.45) is 0 Å². The molecule has 2 fully saturated rings. The van der Waals surface area contributed by atoms with Crippen molar-refractivity contribution in [3.63, 3.8) is 0 Å². The lowest BCUT2D eigenvalue weighted by Gasteiger charge is -2.35. The number of halogens is 3. The number of alkyl halides is 3. The summed E-state index contributed by atoms with van der Waals surface area (Å²) >= 11 is 0. The minimum absolute atomic E-state index is 0.0705. The fourth-order valence-corrected chi connectivity index (χ4v) is 6.33. The zero-order valence-corrected chi connectivity index (χ0v) is 25.9. The Kier molecular flexibility index (Phi) is 7.97. The Hall–Kier alpha value is -4.40. The Morgan fingerprint density at radius 1 is 1.13 bits per heavy atom. The number of rotatable bonds is 6. The fourth-order valence-electron chi connectivity index (χ4n) is 6.33. The van der Waals surface area contributed by atoms with Crippen LogP contribution in [-0.4, -0.2) is 81.9 Å². The molecule has 14 heteroatoms. The molecule has 3 aliphatic heterocycles. The van der Waals surface area contributed by atoms with E-state index in [9.17, 15) is 23.1 Å². The monoisotopic (exact) mass is 652 g/mol. The van der Waals surface area contributed by atoms with Gasteiger partial charge in [-0.1, -0.05) is 6.07 Å². The number of urea groups is 1. The molecular formula is C33H35F3N6O5. The number of H-pyrrole nitrogens is 1. The van der Waals surface area contributed by atoms with Gasteiger partial charge in [-0.2, -0.15) is 13.2 Å². The van der Waals surface area contributed by atoms with E-state index in [4.69, 9.17) is 14.2 Å². The Morgan fingerprint density at radius 2 is 1.91 bits per heavy atom. The maximum Gasteiger partial charge on any atom is 0.421 e. The third kappa shape index (κ3) is 6.20. The minimum Gasteiger partial charge on any atom is -0.474 e. The smallest absolute Gasteiger partial charge is 0.421 e. The van der Waals surface area contributed by atoms with Gasteiger partial charge in [0.05, 0.1) is 42.2 Å². The number of hydrogen-bond acceptors (Lipinski definition) is 8. The molecular weight excluding hydrogens is 617 g/mol. The standard InChI is InChI=1S/C33H35F3N6O5/c1-19-24-14-23(46-27-5-9-37-29-25(27)15-28(40-29)32(44)17-45-18-32)4-3-20(24)6-12-42(19)31(43)39-21-13-26(33(34,35)36)30(38-16-21)47-22-7-10-41(2)11-8-22/h3-5,9,13-16,19,22,44H,6-8,10-12,17-18H2,1-2H3,(H,37,40)(H,39,43)/t19-/m0/s1. The highest BCUT2D eigenvalue weighted by atomic mass is 19.4. The molecule has 0 spiro atoms. The first-order valence-electron chi connectivity index (χ1n) is 15.6. The first-order valence-corrected chi connectivity index (χ1v) is 15.6. The molecule has 0 radical (unpaired) electrons. The maximum absolute atomic E-state index is 14.0. The lowest BCUT2D eigenvalue weighted by atomic mass is 9.93. The molecule has 2 saturated heterocycles. The summed E-state index contributed by atoms with van der Waals surface area (Å²) in [5, 5.41) is 14.0. The molecule has 3 aromatic heterocycles. The van der Waals surface area contributed by atoms with E-state index < -0.39 is 35.3 Å². The number of aromatic nitrogens is 3. The van der Waals surface area contributed by atoms with E-state index in [1.54, 1.807) is 23.2 Å². The van der Waals surface area contributed by atoms with Crippen LogP contribution in [0.1, 0.15) is 48.2 Å². The van der Waals surface area contributed by atoms with Crippen molar-refractivity contribution < 1.29 is 37.3 Å². The Balaban J connectivity index is 1.07. The molecule has 0 saturated carbocycles. The molecule has 0 bridgehead atoms. The van der Waals surface area contributed by atoms with Gasteiger partial charge in [0.15, 0.2) is 5.60 Å². The van der Waals surface area contributed by atoms with Crippen LogP contribution in [-0.2, 0) is 22.9 Å². The van der Waals surface area contributed by atoms with E-state index in [0.717, 1.165) is 30.3 Å². The number of ether oxygens (including phenoxy) is 3. The summed E-state index contributed by atoms with van der Waals surface area (Å²) in [6.45, 7) is 4.09. The van der Waals surface area contributed by atoms with Crippen LogP contribution >= 0.6 is 0 Å². The van der Waals surface area contributed by atoms with Crippen LogP contribution in [0.3, 0.4) is 0 Å². The zero-order valence-electron chi connectivity index (χ0n) is 25.9. The quantitative estimate of drug-likeness (QED) is 0.246. The van der Waals surface area contributed by atoms with Gasteiger partial charge in [0.25, 0.3) is 0 Å². The van der Waals surface area contributed by atoms with Crippen molar-refractivity contribution in [2.45, 2.75) is 50.1 Å². The summed E-state index contributed by atoms with van der Waals surface area (Å²) < 4.78 is 59.2. The molecule has 248 valence electrons. The number of aliphatic hydroxyl groups is 1. The number of likely N-dealkylation sites (tertiary alicyclic amines) is 1. The second-order valence-corrected chi connectivity index (χ2v) is 12.5. The summed E-state index contributed by atoms with van der Waals surface area (Å²) in [5.41, 5.74) is 0.885. The lowest BCUT2D eigenvalue weighted by molar-refractivity contribution is -0.186. The number of carbonyl (C=O) groups is 1. The summed E-state index contributed by atoms with van der Waals surface area (Å²) in [5.74, 6) is 0.599. The van der Waals surface area contributed by atoms with Gasteiger partial charge in [-0.05, 0) is 74.7 Å². The SMILES string of the molecule is C[C@H]1c2cc(Oc3ccnc4[nH]c(C5(O)COC5)cc34)ccc2CCN1C(=O)Nc1cnc(OC2CCN(C)CC2)c(C(F)(F)F)c1. The fraction of sp³-hybridized carbons (Fsp3) is 0.424. The number of benzene rings is 1. The molecule has 7 rings (SSSR count). The highest BCUT2D eigenvalue weighted by Gasteiger charge is 2.40. The second kappa shape index (κ2) is 12.0. The molecule has 3 N–H and O–H groups in total. The Morgan fingerprint density at radius 3 is 2.64 bits per heavy atom. The number of pyridine rings is 2. The molecule has 4 aromatic rings. The number of nitrogens with zero attached hydrogens (tertiary/aromatic N) is 4. The van der Waals surface area contributed by atoms with Crippen molar-refractivity contribution in [3.8, 4) is 17.4 Å². The van der Waals surface area contributed by atoms with Gasteiger partial charge in [0.1, 0.15) is 28.8 Å². The van der Waals surface area contributed by atoms with Gasteiger partial charge in [-0.25, -0.2) is 14.8 Å². The number of piperidine rings is 1. The number of nitrogens with one attached hydrogen (secondary N) is 2. The largest absolute Gasteiger partial charge is 0.474 e. The van der Waals surface area contributed by atoms with Crippen LogP contribution in [0.4, 0.5) is 23.7 Å². The number of amides is 2.